The fourth-order valence-electron chi connectivity index (χ4n) is 1.26. The summed E-state index contributed by atoms with van der Waals surface area (Å²) in [4.78, 5) is 0. The Morgan fingerprint density at radius 1 is 1.47 bits per heavy atom. The van der Waals surface area contributed by atoms with E-state index in [0.717, 1.165) is 6.07 Å². The summed E-state index contributed by atoms with van der Waals surface area (Å²) in [6.45, 7) is 0.194. The smallest absolute Gasteiger partial charge is 0.164 e. The zero-order chi connectivity index (χ0) is 11.4. The molecule has 1 aromatic rings. The molecule has 0 aliphatic heterocycles. The Balaban J connectivity index is 3.09. The molecule has 0 bridgehead atoms. The van der Waals surface area contributed by atoms with Crippen molar-refractivity contribution >= 4 is 0 Å². The predicted molar refractivity (Wildman–Crippen MR) is 51.5 cm³/mol. The summed E-state index contributed by atoms with van der Waals surface area (Å²) in [7, 11) is 1.34. The Morgan fingerprint density at radius 2 is 2.13 bits per heavy atom. The fraction of sp³-hybridized carbons (Fsp3) is 0.400. The summed E-state index contributed by atoms with van der Waals surface area (Å²) in [5.41, 5.74) is 5.09. The van der Waals surface area contributed by atoms with Gasteiger partial charge in [0.2, 0.25) is 0 Å². The standard InChI is InChI=1S/C10H13F2NO2/c1-15-6-4-7(9(14)2-3-13)10(12)8(11)5-6/h4-5,9,14H,2-3,13H2,1H3. The van der Waals surface area contributed by atoms with Crippen LogP contribution in [0.3, 0.4) is 0 Å². The molecule has 0 amide bonds. The van der Waals surface area contributed by atoms with E-state index >= 15 is 0 Å². The third-order valence-electron chi connectivity index (χ3n) is 2.06. The zero-order valence-electron chi connectivity index (χ0n) is 8.34. The molecule has 0 aliphatic rings. The summed E-state index contributed by atoms with van der Waals surface area (Å²) in [6, 6.07) is 2.19. The van der Waals surface area contributed by atoms with Crippen molar-refractivity contribution in [3.05, 3.63) is 29.3 Å². The molecule has 0 radical (unpaired) electrons. The second-order valence-electron chi connectivity index (χ2n) is 3.11. The first-order valence-electron chi connectivity index (χ1n) is 4.51. The highest BCUT2D eigenvalue weighted by atomic mass is 19.2. The van der Waals surface area contributed by atoms with Gasteiger partial charge in [0.15, 0.2) is 11.6 Å². The summed E-state index contributed by atoms with van der Waals surface area (Å²) in [5.74, 6) is -1.93. The number of benzene rings is 1. The lowest BCUT2D eigenvalue weighted by atomic mass is 10.1. The maximum atomic E-state index is 13.3. The average Bonchev–Trinajstić information content (AvgIpc) is 2.22. The van der Waals surface area contributed by atoms with E-state index in [4.69, 9.17) is 10.5 Å². The lowest BCUT2D eigenvalue weighted by molar-refractivity contribution is 0.164. The Morgan fingerprint density at radius 3 is 2.67 bits per heavy atom. The van der Waals surface area contributed by atoms with Gasteiger partial charge >= 0.3 is 0 Å². The van der Waals surface area contributed by atoms with E-state index in [1.54, 1.807) is 0 Å². The van der Waals surface area contributed by atoms with Gasteiger partial charge in [0, 0.05) is 11.6 Å². The molecule has 0 aliphatic carbocycles. The number of methoxy groups -OCH3 is 1. The van der Waals surface area contributed by atoms with Crippen LogP contribution in [0.1, 0.15) is 18.1 Å². The van der Waals surface area contributed by atoms with E-state index < -0.39 is 17.7 Å². The molecule has 1 aromatic carbocycles. The second kappa shape index (κ2) is 5.04. The molecule has 0 saturated carbocycles. The van der Waals surface area contributed by atoms with Crippen LogP contribution in [0.4, 0.5) is 8.78 Å². The van der Waals surface area contributed by atoms with E-state index in [0.29, 0.717) is 0 Å². The van der Waals surface area contributed by atoms with Gasteiger partial charge in [-0.05, 0) is 19.0 Å². The molecule has 0 spiro atoms. The molecule has 1 unspecified atom stereocenters. The van der Waals surface area contributed by atoms with Crippen LogP contribution in [0.25, 0.3) is 0 Å². The second-order valence-corrected chi connectivity index (χ2v) is 3.11. The molecule has 3 N–H and O–H groups in total. The van der Waals surface area contributed by atoms with E-state index in [1.807, 2.05) is 0 Å². The van der Waals surface area contributed by atoms with E-state index in [9.17, 15) is 13.9 Å². The third kappa shape index (κ3) is 2.64. The van der Waals surface area contributed by atoms with Crippen molar-refractivity contribution in [3.63, 3.8) is 0 Å². The van der Waals surface area contributed by atoms with Gasteiger partial charge in [-0.25, -0.2) is 8.78 Å². The lowest BCUT2D eigenvalue weighted by Gasteiger charge is -2.12. The highest BCUT2D eigenvalue weighted by Gasteiger charge is 2.17. The normalized spacial score (nSPS) is 12.6. The summed E-state index contributed by atoms with van der Waals surface area (Å²) >= 11 is 0. The van der Waals surface area contributed by atoms with Gasteiger partial charge in [0.1, 0.15) is 5.75 Å². The van der Waals surface area contributed by atoms with Crippen LogP contribution in [-0.4, -0.2) is 18.8 Å². The number of nitrogens with two attached hydrogens (primary N) is 1. The van der Waals surface area contributed by atoms with Gasteiger partial charge in [0.05, 0.1) is 13.2 Å². The SMILES string of the molecule is COc1cc(F)c(F)c(C(O)CCN)c1. The van der Waals surface area contributed by atoms with E-state index in [2.05, 4.69) is 0 Å². The van der Waals surface area contributed by atoms with Crippen molar-refractivity contribution < 1.29 is 18.6 Å². The molecule has 5 heteroatoms. The lowest BCUT2D eigenvalue weighted by Crippen LogP contribution is -2.09. The molecular formula is C10H13F2NO2. The largest absolute Gasteiger partial charge is 0.497 e. The molecule has 84 valence electrons. The minimum atomic E-state index is -1.11. The Hall–Kier alpha value is -1.20. The first-order chi connectivity index (χ1) is 7.10. The number of hydrogen-bond acceptors (Lipinski definition) is 3. The minimum Gasteiger partial charge on any atom is -0.497 e. The molecule has 3 nitrogen and oxygen atoms in total. The number of hydrogen-bond donors (Lipinski definition) is 2. The van der Waals surface area contributed by atoms with Crippen molar-refractivity contribution in [2.45, 2.75) is 12.5 Å². The minimum absolute atomic E-state index is 0.127. The van der Waals surface area contributed by atoms with E-state index in [-0.39, 0.29) is 24.3 Å². The van der Waals surface area contributed by atoms with Gasteiger partial charge in [-0.2, -0.15) is 0 Å². The third-order valence-corrected chi connectivity index (χ3v) is 2.06. The Labute approximate surface area is 86.5 Å². The van der Waals surface area contributed by atoms with Gasteiger partial charge in [-0.15, -0.1) is 0 Å². The first kappa shape index (κ1) is 11.9. The molecule has 1 atom stereocenters. The molecule has 0 fully saturated rings. The number of aliphatic hydroxyl groups is 1. The van der Waals surface area contributed by atoms with Gasteiger partial charge < -0.3 is 15.6 Å². The molecular weight excluding hydrogens is 204 g/mol. The van der Waals surface area contributed by atoms with Crippen molar-refractivity contribution in [2.75, 3.05) is 13.7 Å². The number of rotatable bonds is 4. The summed E-state index contributed by atoms with van der Waals surface area (Å²) in [6.07, 6.45) is -0.941. The van der Waals surface area contributed by atoms with Crippen molar-refractivity contribution in [1.82, 2.24) is 0 Å². The molecule has 1 rings (SSSR count). The highest BCUT2D eigenvalue weighted by molar-refractivity contribution is 5.32. The van der Waals surface area contributed by atoms with Crippen molar-refractivity contribution in [2.24, 2.45) is 5.73 Å². The summed E-state index contributed by atoms with van der Waals surface area (Å²) < 4.78 is 31.1. The van der Waals surface area contributed by atoms with Crippen LogP contribution >= 0.6 is 0 Å². The van der Waals surface area contributed by atoms with Crippen LogP contribution in [0.2, 0.25) is 0 Å². The van der Waals surface area contributed by atoms with Gasteiger partial charge in [0.25, 0.3) is 0 Å². The van der Waals surface area contributed by atoms with Crippen LogP contribution in [0.5, 0.6) is 5.75 Å². The zero-order valence-corrected chi connectivity index (χ0v) is 8.34. The summed E-state index contributed by atoms with van der Waals surface area (Å²) in [5, 5.41) is 9.50. The van der Waals surface area contributed by atoms with Crippen molar-refractivity contribution in [1.29, 1.82) is 0 Å². The number of ether oxygens (including phenoxy) is 1. The predicted octanol–water partition coefficient (Wildman–Crippen LogP) is 1.36. The maximum absolute atomic E-state index is 13.3. The van der Waals surface area contributed by atoms with Crippen LogP contribution in [-0.2, 0) is 0 Å². The first-order valence-corrected chi connectivity index (χ1v) is 4.51. The van der Waals surface area contributed by atoms with Crippen LogP contribution < -0.4 is 10.5 Å². The maximum Gasteiger partial charge on any atom is 0.164 e. The fourth-order valence-corrected chi connectivity index (χ4v) is 1.26. The number of aliphatic hydroxyl groups excluding tert-OH is 1. The van der Waals surface area contributed by atoms with Gasteiger partial charge in [-0.3, -0.25) is 0 Å². The van der Waals surface area contributed by atoms with Gasteiger partial charge in [-0.1, -0.05) is 0 Å². The Kier molecular flexibility index (Phi) is 3.99. The molecule has 0 heterocycles. The monoisotopic (exact) mass is 217 g/mol. The topological polar surface area (TPSA) is 55.5 Å². The van der Waals surface area contributed by atoms with Crippen LogP contribution in [0.15, 0.2) is 12.1 Å². The Bertz CT molecular complexity index is 344. The van der Waals surface area contributed by atoms with Crippen LogP contribution in [0, 0.1) is 11.6 Å². The van der Waals surface area contributed by atoms with Crippen molar-refractivity contribution in [3.8, 4) is 5.75 Å². The molecule has 15 heavy (non-hydrogen) atoms. The number of halogens is 2. The molecule has 0 saturated heterocycles. The highest BCUT2D eigenvalue weighted by Crippen LogP contribution is 2.26. The quantitative estimate of drug-likeness (QED) is 0.800. The molecule has 0 aromatic heterocycles. The average molecular weight is 217 g/mol. The van der Waals surface area contributed by atoms with E-state index in [1.165, 1.54) is 13.2 Å².